The Morgan fingerprint density at radius 1 is 1.16 bits per heavy atom. The summed E-state index contributed by atoms with van der Waals surface area (Å²) in [4.78, 5) is 23.2. The number of carbonyl (C=O) groups is 2. The molecule has 2 amide bonds. The Balaban J connectivity index is 2.61. The summed E-state index contributed by atoms with van der Waals surface area (Å²) in [6.07, 6.45) is 0.273. The first-order chi connectivity index (χ1) is 8.88. The molecule has 0 radical (unpaired) electrons. The molecule has 0 heterocycles. The first-order valence-corrected chi connectivity index (χ1v) is 6.35. The third-order valence-corrected chi connectivity index (χ3v) is 2.36. The van der Waals surface area contributed by atoms with Crippen LogP contribution in [0.2, 0.25) is 0 Å². The topological polar surface area (TPSA) is 84.2 Å². The Labute approximate surface area is 113 Å². The van der Waals surface area contributed by atoms with E-state index in [-0.39, 0.29) is 30.3 Å². The van der Waals surface area contributed by atoms with Crippen molar-refractivity contribution in [2.24, 2.45) is 5.73 Å². The molecule has 0 spiro atoms. The van der Waals surface area contributed by atoms with Crippen molar-refractivity contribution in [3.05, 3.63) is 29.8 Å². The summed E-state index contributed by atoms with van der Waals surface area (Å²) in [5, 5.41) is 5.53. The molecule has 5 nitrogen and oxygen atoms in total. The van der Waals surface area contributed by atoms with E-state index in [1.54, 1.807) is 31.2 Å². The molecule has 0 bridgehead atoms. The normalized spacial score (nSPS) is 12.1. The lowest BCUT2D eigenvalue weighted by atomic mass is 10.1. The molecule has 1 aromatic carbocycles. The predicted octanol–water partition coefficient (Wildman–Crippen LogP) is 1.50. The number of benzene rings is 1. The smallest absolute Gasteiger partial charge is 0.251 e. The van der Waals surface area contributed by atoms with Crippen molar-refractivity contribution in [2.45, 2.75) is 39.3 Å². The Bertz CT molecular complexity index is 439. The summed E-state index contributed by atoms with van der Waals surface area (Å²) < 4.78 is 0. The van der Waals surface area contributed by atoms with Crippen LogP contribution in [0.3, 0.4) is 0 Å². The number of hydrogen-bond acceptors (Lipinski definition) is 3. The van der Waals surface area contributed by atoms with Gasteiger partial charge in [-0.25, -0.2) is 0 Å². The Morgan fingerprint density at radius 2 is 1.74 bits per heavy atom. The lowest BCUT2D eigenvalue weighted by Gasteiger charge is -2.10. The maximum atomic E-state index is 11.7. The number of nitrogens with one attached hydrogen (secondary N) is 2. The zero-order valence-electron chi connectivity index (χ0n) is 11.6. The number of hydrogen-bond donors (Lipinski definition) is 3. The minimum absolute atomic E-state index is 0.0953. The molecule has 4 N–H and O–H groups in total. The van der Waals surface area contributed by atoms with E-state index in [4.69, 9.17) is 5.73 Å². The molecule has 104 valence electrons. The van der Waals surface area contributed by atoms with Crippen LogP contribution in [0, 0.1) is 0 Å². The first kappa shape index (κ1) is 15.2. The molecular formula is C14H21N3O2. The van der Waals surface area contributed by atoms with E-state index in [9.17, 15) is 9.59 Å². The zero-order chi connectivity index (χ0) is 14.4. The van der Waals surface area contributed by atoms with Gasteiger partial charge in [-0.2, -0.15) is 0 Å². The second kappa shape index (κ2) is 6.89. The number of rotatable bonds is 5. The number of nitrogens with two attached hydrogens (primary N) is 1. The molecule has 1 rings (SSSR count). The Kier molecular flexibility index (Phi) is 5.51. The zero-order valence-corrected chi connectivity index (χ0v) is 11.6. The fourth-order valence-corrected chi connectivity index (χ4v) is 1.55. The molecule has 1 unspecified atom stereocenters. The third-order valence-electron chi connectivity index (χ3n) is 2.36. The second-order valence-electron chi connectivity index (χ2n) is 4.94. The monoisotopic (exact) mass is 263 g/mol. The second-order valence-corrected chi connectivity index (χ2v) is 4.94. The lowest BCUT2D eigenvalue weighted by Crippen LogP contribution is -2.30. The standard InChI is InChI=1S/C14H21N3O2/c1-9(2)16-14(19)11-4-6-12(7-5-11)17-13(18)8-10(3)15/h4-7,9-10H,8,15H2,1-3H3,(H,16,19)(H,17,18). The molecule has 5 heteroatoms. The van der Waals surface area contributed by atoms with Crippen molar-refractivity contribution in [2.75, 3.05) is 5.32 Å². The van der Waals surface area contributed by atoms with Gasteiger partial charge in [0, 0.05) is 29.8 Å². The quantitative estimate of drug-likeness (QED) is 0.752. The Hall–Kier alpha value is -1.88. The van der Waals surface area contributed by atoms with Crippen LogP contribution in [0.25, 0.3) is 0 Å². The molecule has 19 heavy (non-hydrogen) atoms. The van der Waals surface area contributed by atoms with Crippen molar-refractivity contribution in [1.82, 2.24) is 5.32 Å². The van der Waals surface area contributed by atoms with E-state index in [0.29, 0.717) is 11.3 Å². The van der Waals surface area contributed by atoms with Gasteiger partial charge in [0.2, 0.25) is 5.91 Å². The maximum Gasteiger partial charge on any atom is 0.251 e. The average molecular weight is 263 g/mol. The summed E-state index contributed by atoms with van der Waals surface area (Å²) in [6.45, 7) is 5.58. The van der Waals surface area contributed by atoms with Gasteiger partial charge in [-0.3, -0.25) is 9.59 Å². The highest BCUT2D eigenvalue weighted by atomic mass is 16.2. The lowest BCUT2D eigenvalue weighted by molar-refractivity contribution is -0.116. The van der Waals surface area contributed by atoms with Gasteiger partial charge >= 0.3 is 0 Å². The molecule has 0 saturated carbocycles. The van der Waals surface area contributed by atoms with Crippen LogP contribution in [-0.4, -0.2) is 23.9 Å². The van der Waals surface area contributed by atoms with Gasteiger partial charge in [0.15, 0.2) is 0 Å². The minimum atomic E-state index is -0.170. The first-order valence-electron chi connectivity index (χ1n) is 6.35. The molecule has 1 atom stereocenters. The van der Waals surface area contributed by atoms with Gasteiger partial charge in [0.05, 0.1) is 0 Å². The highest BCUT2D eigenvalue weighted by molar-refractivity contribution is 5.96. The maximum absolute atomic E-state index is 11.7. The summed E-state index contributed by atoms with van der Waals surface area (Å²) in [5.41, 5.74) is 6.77. The summed E-state index contributed by atoms with van der Waals surface area (Å²) in [5.74, 6) is -0.252. The SMILES string of the molecule is CC(N)CC(=O)Nc1ccc(C(=O)NC(C)C)cc1. The van der Waals surface area contributed by atoms with Gasteiger partial charge in [0.25, 0.3) is 5.91 Å². The summed E-state index contributed by atoms with van der Waals surface area (Å²) >= 11 is 0. The van der Waals surface area contributed by atoms with Crippen LogP contribution in [0.4, 0.5) is 5.69 Å². The molecule has 0 fully saturated rings. The van der Waals surface area contributed by atoms with Crippen LogP contribution < -0.4 is 16.4 Å². The minimum Gasteiger partial charge on any atom is -0.350 e. The summed E-state index contributed by atoms with van der Waals surface area (Å²) in [6, 6.07) is 6.69. The van der Waals surface area contributed by atoms with Gasteiger partial charge < -0.3 is 16.4 Å². The molecule has 0 aliphatic heterocycles. The van der Waals surface area contributed by atoms with Gasteiger partial charge in [-0.15, -0.1) is 0 Å². The van der Waals surface area contributed by atoms with Gasteiger partial charge in [-0.1, -0.05) is 0 Å². The molecule has 0 aliphatic carbocycles. The largest absolute Gasteiger partial charge is 0.350 e. The van der Waals surface area contributed by atoms with Crippen molar-refractivity contribution < 1.29 is 9.59 Å². The van der Waals surface area contributed by atoms with Crippen LogP contribution in [0.5, 0.6) is 0 Å². The average Bonchev–Trinajstić information content (AvgIpc) is 2.27. The van der Waals surface area contributed by atoms with Gasteiger partial charge in [-0.05, 0) is 45.0 Å². The Morgan fingerprint density at radius 3 is 2.21 bits per heavy atom. The highest BCUT2D eigenvalue weighted by Gasteiger charge is 2.08. The number of amides is 2. The van der Waals surface area contributed by atoms with Crippen LogP contribution >= 0.6 is 0 Å². The fraction of sp³-hybridized carbons (Fsp3) is 0.429. The van der Waals surface area contributed by atoms with Crippen molar-refractivity contribution in [1.29, 1.82) is 0 Å². The van der Waals surface area contributed by atoms with Crippen LogP contribution in [0.15, 0.2) is 24.3 Å². The molecule has 0 aromatic heterocycles. The van der Waals surface area contributed by atoms with E-state index in [2.05, 4.69) is 10.6 Å². The summed E-state index contributed by atoms with van der Waals surface area (Å²) in [7, 11) is 0. The van der Waals surface area contributed by atoms with Gasteiger partial charge in [0.1, 0.15) is 0 Å². The van der Waals surface area contributed by atoms with E-state index in [0.717, 1.165) is 0 Å². The van der Waals surface area contributed by atoms with E-state index in [1.165, 1.54) is 0 Å². The molecule has 1 aromatic rings. The number of carbonyl (C=O) groups excluding carboxylic acids is 2. The van der Waals surface area contributed by atoms with Crippen LogP contribution in [0.1, 0.15) is 37.6 Å². The highest BCUT2D eigenvalue weighted by Crippen LogP contribution is 2.10. The molecule has 0 saturated heterocycles. The molecular weight excluding hydrogens is 242 g/mol. The third kappa shape index (κ3) is 5.52. The predicted molar refractivity (Wildman–Crippen MR) is 75.9 cm³/mol. The van der Waals surface area contributed by atoms with Crippen molar-refractivity contribution in [3.8, 4) is 0 Å². The van der Waals surface area contributed by atoms with E-state index in [1.807, 2.05) is 13.8 Å². The fourth-order valence-electron chi connectivity index (χ4n) is 1.55. The van der Waals surface area contributed by atoms with E-state index < -0.39 is 0 Å². The van der Waals surface area contributed by atoms with E-state index >= 15 is 0 Å². The molecule has 0 aliphatic rings. The van der Waals surface area contributed by atoms with Crippen molar-refractivity contribution >= 4 is 17.5 Å². The van der Waals surface area contributed by atoms with Crippen LogP contribution in [-0.2, 0) is 4.79 Å². The number of anilines is 1. The van der Waals surface area contributed by atoms with Crippen molar-refractivity contribution in [3.63, 3.8) is 0 Å².